The Kier molecular flexibility index (Phi) is 1.67. The second-order valence-corrected chi connectivity index (χ2v) is 2.79. The highest BCUT2D eigenvalue weighted by atomic mass is 16.6. The Morgan fingerprint density at radius 3 is 2.92 bits per heavy atom. The summed E-state index contributed by atoms with van der Waals surface area (Å²) in [5, 5.41) is 18.2. The van der Waals surface area contributed by atoms with Gasteiger partial charge >= 0.3 is 0 Å². The van der Waals surface area contributed by atoms with Crippen LogP contribution >= 0.6 is 0 Å². The Hall–Kier alpha value is -0.850. The molecule has 0 aromatic carbocycles. The van der Waals surface area contributed by atoms with Crippen LogP contribution in [0, 0.1) is 0 Å². The normalized spacial score (nSPS) is 45.3. The van der Waals surface area contributed by atoms with Crippen LogP contribution in [0.25, 0.3) is 0 Å². The summed E-state index contributed by atoms with van der Waals surface area (Å²) in [6, 6.07) is 0.0282. The van der Waals surface area contributed by atoms with Gasteiger partial charge in [0.05, 0.1) is 6.61 Å². The zero-order valence-corrected chi connectivity index (χ0v) is 6.25. The number of aliphatic hydroxyl groups excluding tert-OH is 2. The average molecular weight is 174 g/mol. The molecule has 1 fully saturated rings. The van der Waals surface area contributed by atoms with E-state index in [1.807, 2.05) is 0 Å². The minimum absolute atomic E-state index is 0.0282. The number of rotatable bonds is 1. The largest absolute Gasteiger partial charge is 0.454 e. The van der Waals surface area contributed by atoms with Crippen LogP contribution in [0.3, 0.4) is 0 Å². The Morgan fingerprint density at radius 2 is 2.33 bits per heavy atom. The third-order valence-corrected chi connectivity index (χ3v) is 2.00. The molecule has 0 unspecified atom stereocenters. The molecule has 68 valence electrons. The number of nitrogens with two attached hydrogens (primary N) is 1. The van der Waals surface area contributed by atoms with Crippen molar-refractivity contribution in [2.75, 3.05) is 6.61 Å². The first-order chi connectivity index (χ1) is 5.72. The molecule has 0 aliphatic carbocycles. The highest BCUT2D eigenvalue weighted by molar-refractivity contribution is 5.73. The number of hydrogen-bond acceptors (Lipinski definition) is 6. The number of amidine groups is 1. The first-order valence-electron chi connectivity index (χ1n) is 3.66. The minimum atomic E-state index is -0.857. The van der Waals surface area contributed by atoms with Gasteiger partial charge in [-0.3, -0.25) is 0 Å². The molecule has 2 heterocycles. The molecular weight excluding hydrogens is 164 g/mol. The van der Waals surface area contributed by atoms with E-state index in [4.69, 9.17) is 20.3 Å². The second kappa shape index (κ2) is 2.58. The van der Waals surface area contributed by atoms with Crippen LogP contribution in [0.1, 0.15) is 0 Å². The Bertz CT molecular complexity index is 220. The van der Waals surface area contributed by atoms with E-state index in [-0.39, 0.29) is 12.6 Å². The van der Waals surface area contributed by atoms with Gasteiger partial charge in [-0.25, -0.2) is 0 Å². The molecule has 2 rings (SSSR count). The summed E-state index contributed by atoms with van der Waals surface area (Å²) in [4.78, 5) is 3.78. The van der Waals surface area contributed by atoms with E-state index in [9.17, 15) is 5.11 Å². The maximum Gasteiger partial charge on any atom is 0.285 e. The molecule has 0 amide bonds. The average Bonchev–Trinajstić information content (AvgIpc) is 2.51. The molecule has 0 saturated carbocycles. The second-order valence-electron chi connectivity index (χ2n) is 2.79. The van der Waals surface area contributed by atoms with Crippen molar-refractivity contribution in [3.8, 4) is 0 Å². The molecule has 0 aromatic rings. The van der Waals surface area contributed by atoms with Crippen LogP contribution in [0.5, 0.6) is 0 Å². The van der Waals surface area contributed by atoms with Crippen molar-refractivity contribution in [3.63, 3.8) is 0 Å². The third-order valence-electron chi connectivity index (χ3n) is 2.00. The molecule has 2 aliphatic heterocycles. The Morgan fingerprint density at radius 1 is 1.58 bits per heavy atom. The summed E-state index contributed by atoms with van der Waals surface area (Å²) in [6.07, 6.45) is -2.58. The summed E-state index contributed by atoms with van der Waals surface area (Å²) < 4.78 is 10.1. The first kappa shape index (κ1) is 7.78. The van der Waals surface area contributed by atoms with Crippen LogP contribution in [-0.2, 0) is 9.47 Å². The topological polar surface area (TPSA) is 97.3 Å². The molecule has 12 heavy (non-hydrogen) atoms. The van der Waals surface area contributed by atoms with E-state index in [2.05, 4.69) is 4.99 Å². The quantitative estimate of drug-likeness (QED) is 0.418. The van der Waals surface area contributed by atoms with Crippen molar-refractivity contribution in [1.82, 2.24) is 0 Å². The molecule has 0 radical (unpaired) electrons. The van der Waals surface area contributed by atoms with Crippen LogP contribution in [0.15, 0.2) is 4.99 Å². The number of fused-ring (bicyclic) bond motifs is 1. The molecule has 2 aliphatic rings. The summed E-state index contributed by atoms with van der Waals surface area (Å²) in [7, 11) is 0. The van der Waals surface area contributed by atoms with Gasteiger partial charge in [0.15, 0.2) is 12.3 Å². The van der Waals surface area contributed by atoms with Gasteiger partial charge < -0.3 is 25.4 Å². The van der Waals surface area contributed by atoms with Gasteiger partial charge in [-0.2, -0.15) is 4.99 Å². The van der Waals surface area contributed by atoms with Crippen LogP contribution in [0.2, 0.25) is 0 Å². The van der Waals surface area contributed by atoms with E-state index < -0.39 is 24.5 Å². The highest BCUT2D eigenvalue weighted by Gasteiger charge is 2.48. The zero-order valence-electron chi connectivity index (χ0n) is 6.25. The number of nitrogens with zero attached hydrogens (tertiary/aromatic N) is 1. The molecule has 6 nitrogen and oxygen atoms in total. The van der Waals surface area contributed by atoms with Crippen LogP contribution < -0.4 is 5.73 Å². The van der Waals surface area contributed by atoms with Crippen LogP contribution in [-0.4, -0.2) is 47.4 Å². The SMILES string of the molecule is NC1=N[C@@H]2O[C@@H](CO)[C@H](O)[C@H]2O1. The first-order valence-corrected chi connectivity index (χ1v) is 3.66. The third kappa shape index (κ3) is 0.961. The number of ether oxygens (including phenoxy) is 2. The Labute approximate surface area is 68.6 Å². The van der Waals surface area contributed by atoms with E-state index in [0.29, 0.717) is 0 Å². The van der Waals surface area contributed by atoms with E-state index in [1.165, 1.54) is 0 Å². The molecule has 0 bridgehead atoms. The monoisotopic (exact) mass is 174 g/mol. The molecule has 0 aromatic heterocycles. The summed E-state index contributed by atoms with van der Waals surface area (Å²) in [5.41, 5.74) is 5.25. The summed E-state index contributed by atoms with van der Waals surface area (Å²) >= 11 is 0. The fourth-order valence-electron chi connectivity index (χ4n) is 1.40. The van der Waals surface area contributed by atoms with Gasteiger partial charge in [-0.15, -0.1) is 0 Å². The minimum Gasteiger partial charge on any atom is -0.454 e. The molecule has 4 atom stereocenters. The summed E-state index contributed by atoms with van der Waals surface area (Å²) in [5.74, 6) is 0. The van der Waals surface area contributed by atoms with Gasteiger partial charge in [-0.05, 0) is 0 Å². The predicted molar refractivity (Wildman–Crippen MR) is 38.2 cm³/mol. The maximum absolute atomic E-state index is 9.44. The lowest BCUT2D eigenvalue weighted by atomic mass is 10.1. The number of aliphatic hydroxyl groups is 2. The van der Waals surface area contributed by atoms with Gasteiger partial charge in [0, 0.05) is 0 Å². The lowest BCUT2D eigenvalue weighted by Crippen LogP contribution is -2.35. The van der Waals surface area contributed by atoms with Crippen molar-refractivity contribution in [3.05, 3.63) is 0 Å². The number of hydrogen-bond donors (Lipinski definition) is 3. The van der Waals surface area contributed by atoms with Crippen molar-refractivity contribution in [2.45, 2.75) is 24.5 Å². The van der Waals surface area contributed by atoms with Gasteiger partial charge in [0.25, 0.3) is 6.02 Å². The molecule has 4 N–H and O–H groups in total. The van der Waals surface area contributed by atoms with Crippen LogP contribution in [0.4, 0.5) is 0 Å². The van der Waals surface area contributed by atoms with E-state index in [1.54, 1.807) is 0 Å². The summed E-state index contributed by atoms with van der Waals surface area (Å²) in [6.45, 7) is -0.243. The standard InChI is InChI=1S/C6H10N2O4/c7-6-8-5-4(12-6)3(10)2(1-9)11-5/h2-5,9-10H,1H2,(H2,7,8)/t2-,3-,4+,5+/m0/s1. The molecule has 1 saturated heterocycles. The predicted octanol–water partition coefficient (Wildman–Crippen LogP) is -2.22. The fourth-order valence-corrected chi connectivity index (χ4v) is 1.40. The van der Waals surface area contributed by atoms with Crippen molar-refractivity contribution in [2.24, 2.45) is 10.7 Å². The Balaban J connectivity index is 2.10. The lowest BCUT2D eigenvalue weighted by molar-refractivity contribution is -0.0206. The molecule has 0 spiro atoms. The smallest absolute Gasteiger partial charge is 0.285 e. The molecular formula is C6H10N2O4. The van der Waals surface area contributed by atoms with Crippen molar-refractivity contribution in [1.29, 1.82) is 0 Å². The molecule has 6 heteroatoms. The fraction of sp³-hybridized carbons (Fsp3) is 0.833. The highest BCUT2D eigenvalue weighted by Crippen LogP contribution is 2.28. The van der Waals surface area contributed by atoms with E-state index >= 15 is 0 Å². The lowest BCUT2D eigenvalue weighted by Gasteiger charge is -2.13. The van der Waals surface area contributed by atoms with Gasteiger partial charge in [-0.1, -0.05) is 0 Å². The van der Waals surface area contributed by atoms with Gasteiger partial charge in [0.2, 0.25) is 0 Å². The zero-order chi connectivity index (χ0) is 8.72. The van der Waals surface area contributed by atoms with E-state index in [0.717, 1.165) is 0 Å². The maximum atomic E-state index is 9.44. The van der Waals surface area contributed by atoms with Crippen molar-refractivity contribution >= 4 is 6.02 Å². The van der Waals surface area contributed by atoms with Gasteiger partial charge in [0.1, 0.15) is 12.2 Å². The van der Waals surface area contributed by atoms with Crippen molar-refractivity contribution < 1.29 is 19.7 Å². The number of aliphatic imine (C=N–C) groups is 1.